The predicted octanol–water partition coefficient (Wildman–Crippen LogP) is 0.0729. The smallest absolute Gasteiger partial charge is 0.140 e. The second-order valence-corrected chi connectivity index (χ2v) is 4.88. The van der Waals surface area contributed by atoms with E-state index in [9.17, 15) is 15.3 Å². The van der Waals surface area contributed by atoms with Gasteiger partial charge in [-0.3, -0.25) is 0 Å². The van der Waals surface area contributed by atoms with Gasteiger partial charge in [0.25, 0.3) is 0 Å². The molecule has 0 radical (unpaired) electrons. The lowest BCUT2D eigenvalue weighted by atomic mass is 10.1. The lowest BCUT2D eigenvalue weighted by molar-refractivity contribution is -0.0800. The van der Waals surface area contributed by atoms with Crippen molar-refractivity contribution in [2.45, 2.75) is 18.3 Å². The van der Waals surface area contributed by atoms with Crippen molar-refractivity contribution < 1.29 is 20.4 Å². The van der Waals surface area contributed by atoms with Gasteiger partial charge in [-0.25, -0.2) is 4.98 Å². The Kier molecular flexibility index (Phi) is 3.98. The van der Waals surface area contributed by atoms with Crippen molar-refractivity contribution in [1.82, 2.24) is 9.97 Å². The normalized spacial score (nSPS) is 16.7. The summed E-state index contributed by atoms with van der Waals surface area (Å²) in [5.74, 6) is 0.142. The minimum Gasteiger partial charge on any atom is -0.394 e. The Bertz CT molecular complexity index is 545. The second kappa shape index (κ2) is 5.33. The van der Waals surface area contributed by atoms with E-state index in [0.717, 1.165) is 4.47 Å². The van der Waals surface area contributed by atoms with Gasteiger partial charge in [0, 0.05) is 4.47 Å². The highest BCUT2D eigenvalue weighted by Crippen LogP contribution is 2.22. The summed E-state index contributed by atoms with van der Waals surface area (Å²) in [6, 6.07) is 5.35. The zero-order valence-electron chi connectivity index (χ0n) is 9.29. The molecular weight excluding hydrogens is 304 g/mol. The van der Waals surface area contributed by atoms with E-state index >= 15 is 0 Å². The van der Waals surface area contributed by atoms with Crippen LogP contribution in [0.15, 0.2) is 22.7 Å². The predicted molar refractivity (Wildman–Crippen MR) is 67.9 cm³/mol. The third-order valence-corrected chi connectivity index (χ3v) is 3.14. The van der Waals surface area contributed by atoms with Crippen LogP contribution in [-0.4, -0.2) is 49.2 Å². The molecule has 0 saturated carbocycles. The molecule has 18 heavy (non-hydrogen) atoms. The highest BCUT2D eigenvalue weighted by Gasteiger charge is 2.27. The summed E-state index contributed by atoms with van der Waals surface area (Å²) in [6.07, 6.45) is -4.31. The monoisotopic (exact) mass is 316 g/mol. The van der Waals surface area contributed by atoms with Crippen LogP contribution in [0.3, 0.4) is 0 Å². The van der Waals surface area contributed by atoms with E-state index in [1.807, 2.05) is 6.07 Å². The average Bonchev–Trinajstić information content (AvgIpc) is 2.78. The van der Waals surface area contributed by atoms with Gasteiger partial charge in [0.15, 0.2) is 0 Å². The van der Waals surface area contributed by atoms with Gasteiger partial charge in [-0.05, 0) is 18.2 Å². The number of aliphatic hydroxyl groups is 4. The Labute approximate surface area is 111 Å². The molecular formula is C11H13BrN2O4. The maximum absolute atomic E-state index is 9.83. The van der Waals surface area contributed by atoms with Gasteiger partial charge < -0.3 is 25.4 Å². The molecule has 0 fully saturated rings. The molecule has 0 saturated heterocycles. The van der Waals surface area contributed by atoms with Gasteiger partial charge in [-0.2, -0.15) is 0 Å². The summed E-state index contributed by atoms with van der Waals surface area (Å²) >= 11 is 3.30. The van der Waals surface area contributed by atoms with Crippen molar-refractivity contribution >= 4 is 27.0 Å². The van der Waals surface area contributed by atoms with Crippen molar-refractivity contribution in [1.29, 1.82) is 0 Å². The number of benzene rings is 1. The SMILES string of the molecule is OC[C@@H](O)[C@@H](O)[C@H](O)c1nc2cc(Br)ccc2[nH]1. The molecule has 0 unspecified atom stereocenters. The molecule has 3 atom stereocenters. The lowest BCUT2D eigenvalue weighted by Crippen LogP contribution is -2.35. The standard InChI is InChI=1S/C11H13BrN2O4/c12-5-1-2-6-7(3-5)14-11(13-6)10(18)9(17)8(16)4-15/h1-3,8-10,15-18H,4H2,(H,13,14)/t8-,9-,10+/m1/s1. The van der Waals surface area contributed by atoms with Crippen LogP contribution in [-0.2, 0) is 0 Å². The number of aromatic nitrogens is 2. The van der Waals surface area contributed by atoms with Crippen molar-refractivity contribution in [3.8, 4) is 0 Å². The molecule has 0 aliphatic heterocycles. The number of hydrogen-bond donors (Lipinski definition) is 5. The van der Waals surface area contributed by atoms with Gasteiger partial charge in [0.2, 0.25) is 0 Å². The number of halogens is 1. The van der Waals surface area contributed by atoms with E-state index < -0.39 is 24.9 Å². The number of nitrogens with zero attached hydrogens (tertiary/aromatic N) is 1. The van der Waals surface area contributed by atoms with Crippen LogP contribution in [0, 0.1) is 0 Å². The van der Waals surface area contributed by atoms with Crippen LogP contribution in [0.1, 0.15) is 11.9 Å². The summed E-state index contributed by atoms with van der Waals surface area (Å²) in [7, 11) is 0. The van der Waals surface area contributed by atoms with E-state index in [0.29, 0.717) is 11.0 Å². The first-order valence-corrected chi connectivity index (χ1v) is 6.12. The van der Waals surface area contributed by atoms with E-state index in [2.05, 4.69) is 25.9 Å². The summed E-state index contributed by atoms with van der Waals surface area (Å²) in [6.45, 7) is -0.635. The summed E-state index contributed by atoms with van der Waals surface area (Å²) in [5.41, 5.74) is 1.34. The molecule has 98 valence electrons. The van der Waals surface area contributed by atoms with E-state index in [4.69, 9.17) is 5.11 Å². The molecule has 7 heteroatoms. The van der Waals surface area contributed by atoms with E-state index in [1.54, 1.807) is 12.1 Å². The van der Waals surface area contributed by atoms with Gasteiger partial charge >= 0.3 is 0 Å². The average molecular weight is 317 g/mol. The number of H-pyrrole nitrogens is 1. The molecule has 2 rings (SSSR count). The lowest BCUT2D eigenvalue weighted by Gasteiger charge is -2.19. The van der Waals surface area contributed by atoms with E-state index in [1.165, 1.54) is 0 Å². The fraction of sp³-hybridized carbons (Fsp3) is 0.364. The third-order valence-electron chi connectivity index (χ3n) is 2.65. The Balaban J connectivity index is 2.30. The number of aliphatic hydroxyl groups excluding tert-OH is 4. The molecule has 0 amide bonds. The van der Waals surface area contributed by atoms with Crippen LogP contribution in [0.25, 0.3) is 11.0 Å². The van der Waals surface area contributed by atoms with Gasteiger partial charge in [0.1, 0.15) is 24.1 Å². The van der Waals surface area contributed by atoms with Crippen LogP contribution in [0.4, 0.5) is 0 Å². The van der Waals surface area contributed by atoms with Gasteiger partial charge in [0.05, 0.1) is 17.6 Å². The molecule has 1 aromatic carbocycles. The number of nitrogens with one attached hydrogen (secondary N) is 1. The number of hydrogen-bond acceptors (Lipinski definition) is 5. The van der Waals surface area contributed by atoms with Gasteiger partial charge in [-0.1, -0.05) is 15.9 Å². The first-order valence-electron chi connectivity index (χ1n) is 5.33. The molecule has 5 N–H and O–H groups in total. The summed E-state index contributed by atoms with van der Waals surface area (Å²) in [5, 5.41) is 37.4. The highest BCUT2D eigenvalue weighted by atomic mass is 79.9. The van der Waals surface area contributed by atoms with Crippen molar-refractivity contribution in [3.63, 3.8) is 0 Å². The second-order valence-electron chi connectivity index (χ2n) is 3.97. The van der Waals surface area contributed by atoms with Crippen LogP contribution < -0.4 is 0 Å². The maximum Gasteiger partial charge on any atom is 0.140 e. The molecule has 1 heterocycles. The molecule has 0 aliphatic rings. The van der Waals surface area contributed by atoms with E-state index in [-0.39, 0.29) is 5.82 Å². The first-order chi connectivity index (χ1) is 8.52. The minimum atomic E-state index is -1.50. The maximum atomic E-state index is 9.83. The Morgan fingerprint density at radius 2 is 2.00 bits per heavy atom. The Morgan fingerprint density at radius 3 is 2.67 bits per heavy atom. The molecule has 6 nitrogen and oxygen atoms in total. The van der Waals surface area contributed by atoms with Crippen LogP contribution >= 0.6 is 15.9 Å². The summed E-state index contributed by atoms with van der Waals surface area (Å²) in [4.78, 5) is 6.97. The molecule has 2 aromatic rings. The fourth-order valence-corrected chi connectivity index (χ4v) is 1.97. The van der Waals surface area contributed by atoms with Crippen LogP contribution in [0.2, 0.25) is 0 Å². The third kappa shape index (κ3) is 2.55. The molecule has 0 bridgehead atoms. The zero-order chi connectivity index (χ0) is 13.3. The number of aromatic amines is 1. The van der Waals surface area contributed by atoms with Crippen molar-refractivity contribution in [2.24, 2.45) is 0 Å². The fourth-order valence-electron chi connectivity index (χ4n) is 1.62. The largest absolute Gasteiger partial charge is 0.394 e. The van der Waals surface area contributed by atoms with Crippen molar-refractivity contribution in [2.75, 3.05) is 6.61 Å². The first kappa shape index (κ1) is 13.4. The topological polar surface area (TPSA) is 110 Å². The zero-order valence-corrected chi connectivity index (χ0v) is 10.9. The molecule has 0 aliphatic carbocycles. The molecule has 1 aromatic heterocycles. The van der Waals surface area contributed by atoms with Gasteiger partial charge in [-0.15, -0.1) is 0 Å². The number of fused-ring (bicyclic) bond motifs is 1. The highest BCUT2D eigenvalue weighted by molar-refractivity contribution is 9.10. The Morgan fingerprint density at radius 1 is 1.28 bits per heavy atom. The quantitative estimate of drug-likeness (QED) is 0.548. The van der Waals surface area contributed by atoms with Crippen LogP contribution in [0.5, 0.6) is 0 Å². The summed E-state index contributed by atoms with van der Waals surface area (Å²) < 4.78 is 0.846. The number of imidazole rings is 1. The number of rotatable bonds is 4. The molecule has 0 spiro atoms. The van der Waals surface area contributed by atoms with Crippen molar-refractivity contribution in [3.05, 3.63) is 28.5 Å². The minimum absolute atomic E-state index is 0.142. The Hall–Kier alpha value is -0.990.